The van der Waals surface area contributed by atoms with Crippen LogP contribution in [-0.2, 0) is 0 Å². The average molecular weight is 480 g/mol. The lowest BCUT2D eigenvalue weighted by molar-refractivity contribution is 0.00705. The highest BCUT2D eigenvalue weighted by molar-refractivity contribution is 14.0. The molecule has 1 saturated carbocycles. The first-order chi connectivity index (χ1) is 12.0. The van der Waals surface area contributed by atoms with Gasteiger partial charge in [-0.2, -0.15) is 0 Å². The van der Waals surface area contributed by atoms with E-state index in [4.69, 9.17) is 4.99 Å². The van der Waals surface area contributed by atoms with Gasteiger partial charge in [0.15, 0.2) is 5.96 Å². The van der Waals surface area contributed by atoms with E-state index in [9.17, 15) is 5.11 Å². The molecular weight excluding hydrogens is 439 g/mol. The minimum atomic E-state index is -0.207. The topological polar surface area (TPSA) is 51.1 Å². The van der Waals surface area contributed by atoms with Crippen molar-refractivity contribution in [1.29, 1.82) is 0 Å². The van der Waals surface area contributed by atoms with E-state index >= 15 is 0 Å². The van der Waals surface area contributed by atoms with E-state index < -0.39 is 0 Å². The van der Waals surface area contributed by atoms with Gasteiger partial charge in [0, 0.05) is 31.6 Å². The smallest absolute Gasteiger partial charge is 0.193 e. The summed E-state index contributed by atoms with van der Waals surface area (Å²) in [6.45, 7) is 16.1. The van der Waals surface area contributed by atoms with E-state index in [2.05, 4.69) is 42.8 Å². The summed E-state index contributed by atoms with van der Waals surface area (Å²) in [5.41, 5.74) is -0.0563. The van der Waals surface area contributed by atoms with Crippen LogP contribution in [0.3, 0.4) is 0 Å². The zero-order valence-electron chi connectivity index (χ0n) is 17.3. The molecule has 2 fully saturated rings. The summed E-state index contributed by atoms with van der Waals surface area (Å²) < 4.78 is 0. The zero-order chi connectivity index (χ0) is 18.3. The van der Waals surface area contributed by atoms with Gasteiger partial charge in [-0.15, -0.1) is 24.0 Å². The molecule has 0 aromatic rings. The molecule has 1 aliphatic heterocycles. The Morgan fingerprint density at radius 3 is 2.58 bits per heavy atom. The number of rotatable bonds is 7. The molecule has 0 spiro atoms. The number of aliphatic imine (C=N–C) groups is 1. The molecule has 0 radical (unpaired) electrons. The molecular formula is C20H41IN4O. The molecule has 0 amide bonds. The lowest BCUT2D eigenvalue weighted by Crippen LogP contribution is -2.43. The van der Waals surface area contributed by atoms with Crippen molar-refractivity contribution in [1.82, 2.24) is 15.1 Å². The minimum Gasteiger partial charge on any atom is -0.392 e. The van der Waals surface area contributed by atoms with Crippen LogP contribution in [0.5, 0.6) is 0 Å². The van der Waals surface area contributed by atoms with Gasteiger partial charge in [0.25, 0.3) is 0 Å². The number of aliphatic hydroxyl groups excluding tert-OH is 1. The molecule has 3 unspecified atom stereocenters. The Hall–Kier alpha value is -0.0800. The predicted molar refractivity (Wildman–Crippen MR) is 121 cm³/mol. The second-order valence-corrected chi connectivity index (χ2v) is 8.17. The van der Waals surface area contributed by atoms with Gasteiger partial charge in [0.2, 0.25) is 0 Å². The Kier molecular flexibility index (Phi) is 10.8. The number of hydrogen-bond donors (Lipinski definition) is 2. The molecule has 0 bridgehead atoms. The third kappa shape index (κ3) is 6.51. The van der Waals surface area contributed by atoms with Crippen molar-refractivity contribution in [2.45, 2.75) is 65.9 Å². The molecule has 2 rings (SSSR count). The summed E-state index contributed by atoms with van der Waals surface area (Å²) in [6, 6.07) is 0. The first kappa shape index (κ1) is 24.0. The van der Waals surface area contributed by atoms with Gasteiger partial charge in [-0.25, -0.2) is 0 Å². The van der Waals surface area contributed by atoms with Gasteiger partial charge < -0.3 is 20.2 Å². The molecule has 5 nitrogen and oxygen atoms in total. The standard InChI is InChI=1S/C20H40N4O.HI/c1-5-21-19(22-16-20(4)12-9-8-10-18(20)25)24-13-11-17(15-24)14-23(6-2)7-3;/h17-18,25H,5-16H2,1-4H3,(H,21,22);1H. The van der Waals surface area contributed by atoms with Crippen LogP contribution in [0, 0.1) is 11.3 Å². The molecule has 154 valence electrons. The molecule has 1 saturated heterocycles. The normalized spacial score (nSPS) is 29.8. The van der Waals surface area contributed by atoms with Gasteiger partial charge in [-0.3, -0.25) is 4.99 Å². The molecule has 3 atom stereocenters. The number of nitrogens with one attached hydrogen (secondary N) is 1. The van der Waals surface area contributed by atoms with Crippen LogP contribution in [0.2, 0.25) is 0 Å². The van der Waals surface area contributed by atoms with Crippen LogP contribution in [0.1, 0.15) is 59.8 Å². The number of guanidine groups is 1. The van der Waals surface area contributed by atoms with Crippen molar-refractivity contribution in [2.24, 2.45) is 16.3 Å². The Bertz CT molecular complexity index is 430. The molecule has 6 heteroatoms. The van der Waals surface area contributed by atoms with Crippen LogP contribution in [0.25, 0.3) is 0 Å². The van der Waals surface area contributed by atoms with E-state index in [0.717, 1.165) is 70.4 Å². The summed E-state index contributed by atoms with van der Waals surface area (Å²) in [4.78, 5) is 9.91. The molecule has 2 aliphatic rings. The highest BCUT2D eigenvalue weighted by Gasteiger charge is 2.35. The third-order valence-electron chi connectivity index (χ3n) is 6.20. The fourth-order valence-corrected chi connectivity index (χ4v) is 4.27. The maximum atomic E-state index is 10.4. The number of aliphatic hydroxyl groups is 1. The van der Waals surface area contributed by atoms with Crippen LogP contribution in [-0.4, -0.2) is 72.8 Å². The molecule has 26 heavy (non-hydrogen) atoms. The number of halogens is 1. The monoisotopic (exact) mass is 480 g/mol. The first-order valence-electron chi connectivity index (χ1n) is 10.5. The zero-order valence-corrected chi connectivity index (χ0v) is 19.7. The lowest BCUT2D eigenvalue weighted by Gasteiger charge is -2.37. The van der Waals surface area contributed by atoms with Crippen molar-refractivity contribution in [3.8, 4) is 0 Å². The van der Waals surface area contributed by atoms with Crippen molar-refractivity contribution in [3.63, 3.8) is 0 Å². The van der Waals surface area contributed by atoms with Crippen LogP contribution >= 0.6 is 24.0 Å². The number of likely N-dealkylation sites (tertiary alicyclic amines) is 1. The second-order valence-electron chi connectivity index (χ2n) is 8.17. The van der Waals surface area contributed by atoms with E-state index in [1.165, 1.54) is 19.4 Å². The minimum absolute atomic E-state index is 0. The molecule has 0 aromatic carbocycles. The summed E-state index contributed by atoms with van der Waals surface area (Å²) in [6.07, 6.45) is 5.43. The fraction of sp³-hybridized carbons (Fsp3) is 0.950. The Morgan fingerprint density at radius 1 is 1.23 bits per heavy atom. The summed E-state index contributed by atoms with van der Waals surface area (Å²) in [7, 11) is 0. The van der Waals surface area contributed by atoms with Gasteiger partial charge in [-0.1, -0.05) is 33.6 Å². The summed E-state index contributed by atoms with van der Waals surface area (Å²) in [5.74, 6) is 1.78. The molecule has 0 aromatic heterocycles. The average Bonchev–Trinajstić information content (AvgIpc) is 3.07. The van der Waals surface area contributed by atoms with E-state index in [0.29, 0.717) is 0 Å². The van der Waals surface area contributed by atoms with Crippen LogP contribution < -0.4 is 5.32 Å². The SMILES string of the molecule is CCNC(=NCC1(C)CCCCC1O)N1CCC(CN(CC)CC)C1.I. The maximum absolute atomic E-state index is 10.4. The Balaban J connectivity index is 0.00000338. The quantitative estimate of drug-likeness (QED) is 0.334. The first-order valence-corrected chi connectivity index (χ1v) is 10.5. The van der Waals surface area contributed by atoms with E-state index in [1.807, 2.05) is 0 Å². The largest absolute Gasteiger partial charge is 0.392 e. The molecule has 1 aliphatic carbocycles. The Labute approximate surface area is 178 Å². The Morgan fingerprint density at radius 2 is 1.96 bits per heavy atom. The van der Waals surface area contributed by atoms with Gasteiger partial charge >= 0.3 is 0 Å². The third-order valence-corrected chi connectivity index (χ3v) is 6.20. The molecule has 2 N–H and O–H groups in total. The van der Waals surface area contributed by atoms with Crippen molar-refractivity contribution < 1.29 is 5.11 Å². The van der Waals surface area contributed by atoms with E-state index in [-0.39, 0.29) is 35.5 Å². The van der Waals surface area contributed by atoms with Gasteiger partial charge in [-0.05, 0) is 45.2 Å². The van der Waals surface area contributed by atoms with Crippen LogP contribution in [0.4, 0.5) is 0 Å². The number of hydrogen-bond acceptors (Lipinski definition) is 3. The summed E-state index contributed by atoms with van der Waals surface area (Å²) in [5, 5.41) is 13.9. The highest BCUT2D eigenvalue weighted by atomic mass is 127. The highest BCUT2D eigenvalue weighted by Crippen LogP contribution is 2.36. The van der Waals surface area contributed by atoms with Gasteiger partial charge in [0.1, 0.15) is 0 Å². The summed E-state index contributed by atoms with van der Waals surface area (Å²) >= 11 is 0. The maximum Gasteiger partial charge on any atom is 0.193 e. The van der Waals surface area contributed by atoms with Crippen molar-refractivity contribution in [3.05, 3.63) is 0 Å². The van der Waals surface area contributed by atoms with E-state index in [1.54, 1.807) is 0 Å². The second kappa shape index (κ2) is 11.7. The number of nitrogens with zero attached hydrogens (tertiary/aromatic N) is 3. The predicted octanol–water partition coefficient (Wildman–Crippen LogP) is 3.17. The van der Waals surface area contributed by atoms with Crippen molar-refractivity contribution in [2.75, 3.05) is 45.8 Å². The van der Waals surface area contributed by atoms with Crippen molar-refractivity contribution >= 4 is 29.9 Å². The lowest BCUT2D eigenvalue weighted by atomic mass is 9.73. The van der Waals surface area contributed by atoms with Crippen LogP contribution in [0.15, 0.2) is 4.99 Å². The molecule has 1 heterocycles. The fourth-order valence-electron chi connectivity index (χ4n) is 4.27. The van der Waals surface area contributed by atoms with Gasteiger partial charge in [0.05, 0.1) is 12.6 Å².